The molecule has 0 aliphatic carbocycles. The third-order valence-corrected chi connectivity index (χ3v) is 3.81. The molecule has 0 aliphatic heterocycles. The molecule has 3 rings (SSSR count). The number of hydrogen-bond acceptors (Lipinski definition) is 7. The highest BCUT2D eigenvalue weighted by atomic mass is 16.5. The van der Waals surface area contributed by atoms with Crippen LogP contribution in [0.4, 0.5) is 5.69 Å². The van der Waals surface area contributed by atoms with Crippen LogP contribution in [0.5, 0.6) is 5.88 Å². The number of likely N-dealkylation sites (N-methyl/N-ethyl adjacent to an activating group) is 1. The van der Waals surface area contributed by atoms with Gasteiger partial charge in [-0.1, -0.05) is 0 Å². The number of aryl methyl sites for hydroxylation is 1. The Morgan fingerprint density at radius 1 is 1.18 bits per heavy atom. The molecular weight excluding hydrogens is 368 g/mol. The number of hydrogen-bond donors (Lipinski definition) is 2. The lowest BCUT2D eigenvalue weighted by molar-refractivity contribution is -0.121. The summed E-state index contributed by atoms with van der Waals surface area (Å²) in [5, 5.41) is 16.6. The molecule has 2 aromatic heterocycles. The lowest BCUT2D eigenvalue weighted by Crippen LogP contribution is -2.31. The largest absolute Gasteiger partial charge is 0.479 e. The molecule has 12 heteroatoms. The molecule has 2 amide bonds. The van der Waals surface area contributed by atoms with Crippen LogP contribution in [0, 0.1) is 0 Å². The van der Waals surface area contributed by atoms with E-state index in [1.165, 1.54) is 18.8 Å². The summed E-state index contributed by atoms with van der Waals surface area (Å²) < 4.78 is 8.56. The van der Waals surface area contributed by atoms with Crippen molar-refractivity contribution in [3.63, 3.8) is 0 Å². The van der Waals surface area contributed by atoms with Crippen molar-refractivity contribution in [2.45, 2.75) is 6.54 Å². The third-order valence-electron chi connectivity index (χ3n) is 3.81. The molecule has 1 aromatic carbocycles. The van der Waals surface area contributed by atoms with Gasteiger partial charge in [0.05, 0.1) is 12.8 Å². The Bertz CT molecular complexity index is 1060. The van der Waals surface area contributed by atoms with Gasteiger partial charge in [0.15, 0.2) is 0 Å². The maximum Gasteiger partial charge on any atom is 0.368 e. The number of rotatable bonds is 6. The zero-order valence-corrected chi connectivity index (χ0v) is 15.4. The number of tetrazole rings is 1. The molecule has 0 fully saturated rings. The lowest BCUT2D eigenvalue weighted by atomic mass is 10.2. The Balaban J connectivity index is 1.76. The van der Waals surface area contributed by atoms with Crippen LogP contribution in [0.3, 0.4) is 0 Å². The van der Waals surface area contributed by atoms with Gasteiger partial charge in [0, 0.05) is 26.0 Å². The van der Waals surface area contributed by atoms with Crippen molar-refractivity contribution in [3.05, 3.63) is 46.5 Å². The first-order chi connectivity index (χ1) is 13.4. The number of carbonyl (C=O) groups excluding carboxylic acids is 2. The smallest absolute Gasteiger partial charge is 0.368 e. The predicted octanol–water partition coefficient (Wildman–Crippen LogP) is -0.831. The van der Waals surface area contributed by atoms with Gasteiger partial charge in [-0.3, -0.25) is 14.3 Å². The molecule has 0 atom stereocenters. The van der Waals surface area contributed by atoms with Gasteiger partial charge in [0.2, 0.25) is 11.8 Å². The Labute approximate surface area is 158 Å². The first-order valence-corrected chi connectivity index (χ1v) is 8.15. The van der Waals surface area contributed by atoms with E-state index in [2.05, 4.69) is 26.2 Å². The zero-order valence-electron chi connectivity index (χ0n) is 15.4. The highest BCUT2D eigenvalue weighted by Crippen LogP contribution is 2.18. The van der Waals surface area contributed by atoms with Crippen LogP contribution in [-0.2, 0) is 18.4 Å². The molecule has 12 nitrogen and oxygen atoms in total. The number of anilines is 1. The van der Waals surface area contributed by atoms with Crippen LogP contribution in [0.25, 0.3) is 5.69 Å². The average Bonchev–Trinajstić information content (AvgIpc) is 3.25. The molecule has 3 aromatic rings. The van der Waals surface area contributed by atoms with Gasteiger partial charge in [-0.2, -0.15) is 9.36 Å². The van der Waals surface area contributed by atoms with E-state index in [-0.39, 0.29) is 24.2 Å². The molecule has 146 valence electrons. The van der Waals surface area contributed by atoms with E-state index in [0.29, 0.717) is 16.9 Å². The Morgan fingerprint density at radius 3 is 2.54 bits per heavy atom. The van der Waals surface area contributed by atoms with Gasteiger partial charge < -0.3 is 15.4 Å². The molecule has 2 heterocycles. The fraction of sp³-hybridized carbons (Fsp3) is 0.250. The first kappa shape index (κ1) is 18.8. The number of methoxy groups -OCH3 is 1. The van der Waals surface area contributed by atoms with Gasteiger partial charge in [-0.15, -0.1) is 5.10 Å². The lowest BCUT2D eigenvalue weighted by Gasteiger charge is -2.06. The van der Waals surface area contributed by atoms with Gasteiger partial charge in [-0.25, -0.2) is 4.79 Å². The molecule has 0 spiro atoms. The number of ether oxygens (including phenoxy) is 1. The van der Waals surface area contributed by atoms with Crippen LogP contribution < -0.4 is 21.1 Å². The predicted molar refractivity (Wildman–Crippen MR) is 97.4 cm³/mol. The first-order valence-electron chi connectivity index (χ1n) is 8.15. The number of benzene rings is 1. The van der Waals surface area contributed by atoms with E-state index in [1.807, 2.05) is 0 Å². The van der Waals surface area contributed by atoms with E-state index in [1.54, 1.807) is 37.5 Å². The number of nitrogens with zero attached hydrogens (tertiary/aromatic N) is 6. The highest BCUT2D eigenvalue weighted by molar-refractivity contribution is 6.05. The molecule has 0 bridgehead atoms. The van der Waals surface area contributed by atoms with Crippen LogP contribution in [0.2, 0.25) is 0 Å². The third kappa shape index (κ3) is 3.75. The Morgan fingerprint density at radius 2 is 1.89 bits per heavy atom. The number of nitrogens with one attached hydrogen (secondary N) is 2. The molecular formula is C16H18N8O4. The summed E-state index contributed by atoms with van der Waals surface area (Å²) in [4.78, 5) is 36.0. The second kappa shape index (κ2) is 7.73. The summed E-state index contributed by atoms with van der Waals surface area (Å²) in [5.41, 5.74) is 0.679. The SMILES string of the molecule is CNC(=O)Cn1nnn(-c2ccc(NC(=O)c3cn(C)nc3OC)cc2)c1=O. The van der Waals surface area contributed by atoms with Gasteiger partial charge in [0.1, 0.15) is 12.1 Å². The van der Waals surface area contributed by atoms with Crippen LogP contribution in [0.1, 0.15) is 10.4 Å². The van der Waals surface area contributed by atoms with E-state index in [4.69, 9.17) is 4.74 Å². The van der Waals surface area contributed by atoms with Crippen molar-refractivity contribution in [2.75, 3.05) is 19.5 Å². The normalized spacial score (nSPS) is 10.5. The molecule has 0 radical (unpaired) electrons. The standard InChI is InChI=1S/C16H18N8O4/c1-17-13(25)9-23-16(27)24(21-20-23)11-6-4-10(5-7-11)18-14(26)12-8-22(2)19-15(12)28-3/h4-8H,9H2,1-3H3,(H,17,25)(H,18,26). The molecule has 0 aliphatic rings. The number of amides is 2. The van der Waals surface area contributed by atoms with Gasteiger partial charge >= 0.3 is 5.69 Å². The molecule has 0 saturated heterocycles. The van der Waals surface area contributed by atoms with E-state index < -0.39 is 5.69 Å². The summed E-state index contributed by atoms with van der Waals surface area (Å²) in [6.45, 7) is -0.226. The molecule has 28 heavy (non-hydrogen) atoms. The summed E-state index contributed by atoms with van der Waals surface area (Å²) in [5.74, 6) is -0.527. The molecule has 0 saturated carbocycles. The zero-order chi connectivity index (χ0) is 20.3. The monoisotopic (exact) mass is 386 g/mol. The molecule has 2 N–H and O–H groups in total. The Hall–Kier alpha value is -3.96. The van der Waals surface area contributed by atoms with E-state index in [9.17, 15) is 14.4 Å². The number of aromatic nitrogens is 6. The fourth-order valence-corrected chi connectivity index (χ4v) is 2.41. The van der Waals surface area contributed by atoms with Crippen LogP contribution >= 0.6 is 0 Å². The fourth-order valence-electron chi connectivity index (χ4n) is 2.41. The van der Waals surface area contributed by atoms with Crippen LogP contribution in [-0.4, -0.2) is 55.5 Å². The van der Waals surface area contributed by atoms with Crippen molar-refractivity contribution < 1.29 is 14.3 Å². The highest BCUT2D eigenvalue weighted by Gasteiger charge is 2.17. The summed E-state index contributed by atoms with van der Waals surface area (Å²) in [7, 11) is 4.58. The second-order valence-corrected chi connectivity index (χ2v) is 5.73. The quantitative estimate of drug-likeness (QED) is 0.564. The van der Waals surface area contributed by atoms with Crippen molar-refractivity contribution in [3.8, 4) is 11.6 Å². The summed E-state index contributed by atoms with van der Waals surface area (Å²) in [6.07, 6.45) is 1.55. The van der Waals surface area contributed by atoms with Crippen molar-refractivity contribution >= 4 is 17.5 Å². The Kier molecular flexibility index (Phi) is 5.20. The van der Waals surface area contributed by atoms with Gasteiger partial charge in [-0.05, 0) is 34.7 Å². The van der Waals surface area contributed by atoms with Crippen LogP contribution in [0.15, 0.2) is 35.3 Å². The van der Waals surface area contributed by atoms with Crippen molar-refractivity contribution in [1.29, 1.82) is 0 Å². The van der Waals surface area contributed by atoms with Crippen molar-refractivity contribution in [1.82, 2.24) is 34.9 Å². The minimum Gasteiger partial charge on any atom is -0.479 e. The maximum absolute atomic E-state index is 12.4. The minimum atomic E-state index is -0.555. The second-order valence-electron chi connectivity index (χ2n) is 5.73. The van der Waals surface area contributed by atoms with Gasteiger partial charge in [0.25, 0.3) is 5.91 Å². The molecule has 0 unspecified atom stereocenters. The summed E-state index contributed by atoms with van der Waals surface area (Å²) >= 11 is 0. The number of carbonyl (C=O) groups is 2. The minimum absolute atomic E-state index is 0.218. The topological polar surface area (TPSA) is 138 Å². The average molecular weight is 386 g/mol. The summed E-state index contributed by atoms with van der Waals surface area (Å²) in [6, 6.07) is 6.41. The van der Waals surface area contributed by atoms with E-state index in [0.717, 1.165) is 9.36 Å². The van der Waals surface area contributed by atoms with E-state index >= 15 is 0 Å². The van der Waals surface area contributed by atoms with Crippen molar-refractivity contribution in [2.24, 2.45) is 7.05 Å². The maximum atomic E-state index is 12.4.